The number of rotatable bonds is 3. The first kappa shape index (κ1) is 23.1. The smallest absolute Gasteiger partial charge is 0.00319 e. The van der Waals surface area contributed by atoms with Gasteiger partial charge in [-0.15, -0.1) is 0 Å². The Morgan fingerprint density at radius 2 is 0.688 bits per heavy atom. The molecule has 0 fully saturated rings. The van der Waals surface area contributed by atoms with Crippen molar-refractivity contribution in [3.8, 4) is 0 Å². The molecule has 0 radical (unpaired) electrons. The molecule has 2 aromatic rings. The first-order chi connectivity index (χ1) is 14.9. The molecule has 0 saturated carbocycles. The van der Waals surface area contributed by atoms with Gasteiger partial charge in [-0.1, -0.05) is 25.0 Å². The van der Waals surface area contributed by atoms with Crippen molar-refractivity contribution >= 4 is 11.1 Å². The molecule has 170 valence electrons. The molecule has 0 spiro atoms. The van der Waals surface area contributed by atoms with E-state index < -0.39 is 0 Å². The van der Waals surface area contributed by atoms with E-state index in [1.54, 1.807) is 44.5 Å². The second-order valence-electron chi connectivity index (χ2n) is 10.8. The van der Waals surface area contributed by atoms with Gasteiger partial charge < -0.3 is 0 Å². The molecule has 2 unspecified atom stereocenters. The largest absolute Gasteiger partial charge is 0.0622 e. The first-order valence-corrected chi connectivity index (χ1v) is 12.5. The summed E-state index contributed by atoms with van der Waals surface area (Å²) in [5.41, 5.74) is 24.7. The van der Waals surface area contributed by atoms with Gasteiger partial charge in [0.2, 0.25) is 0 Å². The van der Waals surface area contributed by atoms with Gasteiger partial charge in [-0.2, -0.15) is 0 Å². The van der Waals surface area contributed by atoms with Crippen LogP contribution < -0.4 is 0 Å². The zero-order chi connectivity index (χ0) is 23.8. The highest BCUT2D eigenvalue weighted by Crippen LogP contribution is 2.52. The molecule has 0 saturated heterocycles. The number of fused-ring (bicyclic) bond motifs is 2. The predicted molar refractivity (Wildman–Crippen MR) is 142 cm³/mol. The summed E-state index contributed by atoms with van der Waals surface area (Å²) in [5.74, 6) is 1.08. The second kappa shape index (κ2) is 7.75. The monoisotopic (exact) mass is 426 g/mol. The van der Waals surface area contributed by atoms with Crippen LogP contribution in [0.1, 0.15) is 119 Å². The molecule has 0 aromatic heterocycles. The van der Waals surface area contributed by atoms with E-state index in [1.807, 2.05) is 0 Å². The lowest BCUT2D eigenvalue weighted by Crippen LogP contribution is -2.03. The molecular formula is C32H42. The van der Waals surface area contributed by atoms with Crippen LogP contribution in [0.5, 0.6) is 0 Å². The van der Waals surface area contributed by atoms with E-state index in [4.69, 9.17) is 0 Å². The van der Waals surface area contributed by atoms with Crippen molar-refractivity contribution < 1.29 is 0 Å². The van der Waals surface area contributed by atoms with E-state index in [1.165, 1.54) is 44.5 Å². The topological polar surface area (TPSA) is 0 Å². The molecule has 32 heavy (non-hydrogen) atoms. The lowest BCUT2D eigenvalue weighted by atomic mass is 9.84. The predicted octanol–water partition coefficient (Wildman–Crippen LogP) is 9.42. The zero-order valence-electron chi connectivity index (χ0n) is 22.6. The van der Waals surface area contributed by atoms with Gasteiger partial charge in [0.05, 0.1) is 0 Å². The number of benzene rings is 2. The normalized spacial score (nSPS) is 19.9. The molecule has 2 atom stereocenters. The summed E-state index contributed by atoms with van der Waals surface area (Å²) in [5, 5.41) is 0. The third kappa shape index (κ3) is 2.94. The Morgan fingerprint density at radius 1 is 0.406 bits per heavy atom. The Hall–Kier alpha value is -2.08. The highest BCUT2D eigenvalue weighted by Gasteiger charge is 2.33. The molecule has 0 aliphatic heterocycles. The van der Waals surface area contributed by atoms with Gasteiger partial charge in [0.1, 0.15) is 0 Å². The minimum Gasteiger partial charge on any atom is -0.0622 e. The molecule has 2 aliphatic rings. The minimum atomic E-state index is 0.539. The fourth-order valence-corrected chi connectivity index (χ4v) is 6.79. The summed E-state index contributed by atoms with van der Waals surface area (Å²) in [7, 11) is 0. The van der Waals surface area contributed by atoms with Crippen molar-refractivity contribution in [3.63, 3.8) is 0 Å². The number of hydrogen-bond donors (Lipinski definition) is 0. The Bertz CT molecular complexity index is 1130. The van der Waals surface area contributed by atoms with E-state index in [9.17, 15) is 0 Å². The molecule has 0 amide bonds. The summed E-state index contributed by atoms with van der Waals surface area (Å²) >= 11 is 0. The molecule has 0 bridgehead atoms. The van der Waals surface area contributed by atoms with Gasteiger partial charge in [0, 0.05) is 11.8 Å². The second-order valence-corrected chi connectivity index (χ2v) is 10.8. The first-order valence-electron chi connectivity index (χ1n) is 12.5. The van der Waals surface area contributed by atoms with Gasteiger partial charge in [0.25, 0.3) is 0 Å². The van der Waals surface area contributed by atoms with E-state index in [-0.39, 0.29) is 0 Å². The van der Waals surface area contributed by atoms with Crippen molar-refractivity contribution in [2.24, 2.45) is 0 Å². The van der Waals surface area contributed by atoms with Crippen LogP contribution in [0.4, 0.5) is 0 Å². The highest BCUT2D eigenvalue weighted by atomic mass is 14.4. The van der Waals surface area contributed by atoms with Gasteiger partial charge in [-0.05, 0) is 160 Å². The average molecular weight is 427 g/mol. The third-order valence-electron chi connectivity index (χ3n) is 9.82. The van der Waals surface area contributed by atoms with Crippen molar-refractivity contribution in [1.29, 1.82) is 0 Å². The van der Waals surface area contributed by atoms with Crippen molar-refractivity contribution in [3.05, 3.63) is 77.9 Å². The van der Waals surface area contributed by atoms with Crippen LogP contribution in [-0.2, 0) is 0 Å². The SMILES string of the molecule is CC1=C(CCC2=C(C)C(C)c3c(C)c(C)c(C)c(C)c32)c2c(C)c(C)c(C)c(C)c2C1C. The third-order valence-corrected chi connectivity index (χ3v) is 9.82. The maximum absolute atomic E-state index is 2.42. The molecule has 2 aliphatic carbocycles. The molecule has 0 heteroatoms. The summed E-state index contributed by atoms with van der Waals surface area (Å²) in [4.78, 5) is 0. The Kier molecular flexibility index (Phi) is 5.60. The van der Waals surface area contributed by atoms with Crippen molar-refractivity contribution in [1.82, 2.24) is 0 Å². The Labute approximate surface area is 196 Å². The summed E-state index contributed by atoms with van der Waals surface area (Å²) < 4.78 is 0. The van der Waals surface area contributed by atoms with Crippen LogP contribution in [0.3, 0.4) is 0 Å². The van der Waals surface area contributed by atoms with Crippen molar-refractivity contribution in [2.75, 3.05) is 0 Å². The van der Waals surface area contributed by atoms with Gasteiger partial charge in [-0.25, -0.2) is 0 Å². The molecule has 0 heterocycles. The summed E-state index contributed by atoms with van der Waals surface area (Å²) in [6, 6.07) is 0. The van der Waals surface area contributed by atoms with E-state index in [2.05, 4.69) is 83.1 Å². The zero-order valence-corrected chi connectivity index (χ0v) is 22.6. The molecule has 2 aromatic carbocycles. The Balaban J connectivity index is 1.80. The average Bonchev–Trinajstić information content (AvgIpc) is 3.16. The van der Waals surface area contributed by atoms with Crippen LogP contribution in [0.25, 0.3) is 11.1 Å². The van der Waals surface area contributed by atoms with E-state index in [0.717, 1.165) is 12.8 Å². The van der Waals surface area contributed by atoms with Crippen LogP contribution in [0.15, 0.2) is 11.1 Å². The molecule has 0 nitrogen and oxygen atoms in total. The standard InChI is InChI=1S/C32H42/c1-15-17(3)23(9)31-27(19(5)25(11)29(31)21(15)7)13-14-28-20(6)26(12)30-22(8)16(2)18(4)24(10)32(28)30/h25-26H,13-14H2,1-12H3. The molecule has 0 N–H and O–H groups in total. The van der Waals surface area contributed by atoms with E-state index >= 15 is 0 Å². The maximum Gasteiger partial charge on any atom is 0.00319 e. The lowest BCUT2D eigenvalue weighted by Gasteiger charge is -2.21. The summed E-state index contributed by atoms with van der Waals surface area (Å²) in [6.07, 6.45) is 2.30. The van der Waals surface area contributed by atoms with Gasteiger partial charge in [-0.3, -0.25) is 0 Å². The van der Waals surface area contributed by atoms with Crippen molar-refractivity contribution in [2.45, 2.75) is 108 Å². The minimum absolute atomic E-state index is 0.539. The molecular weight excluding hydrogens is 384 g/mol. The van der Waals surface area contributed by atoms with E-state index in [0.29, 0.717) is 11.8 Å². The fourth-order valence-electron chi connectivity index (χ4n) is 6.79. The van der Waals surface area contributed by atoms with Gasteiger partial charge in [0.15, 0.2) is 0 Å². The quantitative estimate of drug-likeness (QED) is 0.458. The fraction of sp³-hybridized carbons (Fsp3) is 0.500. The molecule has 4 rings (SSSR count). The maximum atomic E-state index is 2.42. The highest BCUT2D eigenvalue weighted by molar-refractivity contribution is 5.86. The van der Waals surface area contributed by atoms with Crippen LogP contribution in [-0.4, -0.2) is 0 Å². The number of allylic oxidation sites excluding steroid dienone is 4. The summed E-state index contributed by atoms with van der Waals surface area (Å²) in [6.45, 7) is 28.2. The van der Waals surface area contributed by atoms with Crippen LogP contribution in [0, 0.1) is 55.4 Å². The van der Waals surface area contributed by atoms with Crippen LogP contribution in [0.2, 0.25) is 0 Å². The van der Waals surface area contributed by atoms with Crippen LogP contribution >= 0.6 is 0 Å². The lowest BCUT2D eigenvalue weighted by molar-refractivity contribution is 0.897. The number of hydrogen-bond acceptors (Lipinski definition) is 0. The van der Waals surface area contributed by atoms with Gasteiger partial charge >= 0.3 is 0 Å². The Morgan fingerprint density at radius 3 is 1.00 bits per heavy atom.